The predicted octanol–water partition coefficient (Wildman–Crippen LogP) is 3.67. The molecule has 2 aliphatic rings. The maximum Gasteiger partial charge on any atom is 0.313 e. The van der Waals surface area contributed by atoms with Crippen LogP contribution in [0.5, 0.6) is 0 Å². The highest BCUT2D eigenvalue weighted by molar-refractivity contribution is 6.31. The third-order valence-electron chi connectivity index (χ3n) is 5.47. The second-order valence-corrected chi connectivity index (χ2v) is 8.40. The van der Waals surface area contributed by atoms with Crippen LogP contribution in [-0.4, -0.2) is 28.6 Å². The largest absolute Gasteiger partial charge is 0.427 e. The van der Waals surface area contributed by atoms with Gasteiger partial charge in [0.05, 0.1) is 23.1 Å². The van der Waals surface area contributed by atoms with Crippen molar-refractivity contribution < 1.29 is 19.4 Å². The number of hydrogen-bond acceptors (Lipinski definition) is 4. The number of carbonyl (C=O) groups is 2. The summed E-state index contributed by atoms with van der Waals surface area (Å²) < 4.78 is 5.82. The van der Waals surface area contributed by atoms with Crippen molar-refractivity contribution in [3.63, 3.8) is 0 Å². The molecule has 5 nitrogen and oxygen atoms in total. The number of ether oxygens (including phenoxy) is 1. The fourth-order valence-corrected chi connectivity index (χ4v) is 4.35. The zero-order valence-corrected chi connectivity index (χ0v) is 16.9. The average Bonchev–Trinajstić information content (AvgIpc) is 2.82. The molecule has 0 unspecified atom stereocenters. The second kappa shape index (κ2) is 7.28. The van der Waals surface area contributed by atoms with Gasteiger partial charge in [0.2, 0.25) is 0 Å². The van der Waals surface area contributed by atoms with Crippen molar-refractivity contribution in [1.82, 2.24) is 5.32 Å². The molecule has 0 aromatic heterocycles. The van der Waals surface area contributed by atoms with E-state index in [0.29, 0.717) is 42.0 Å². The molecule has 0 saturated heterocycles. The molecule has 0 atom stereocenters. The van der Waals surface area contributed by atoms with Crippen molar-refractivity contribution >= 4 is 29.1 Å². The summed E-state index contributed by atoms with van der Waals surface area (Å²) in [5.74, 6) is -0.528. The van der Waals surface area contributed by atoms with Crippen molar-refractivity contribution in [2.75, 3.05) is 0 Å². The molecule has 1 amide bonds. The molecule has 3 rings (SSSR count). The SMILES string of the molecule is Cc1cc(Cl)cc(C)c1C1=C(OC(=O)C(C)C)[C@]2(CC[C@H](O)CC2)NC1=O. The second-order valence-electron chi connectivity index (χ2n) is 7.96. The molecule has 0 bridgehead atoms. The van der Waals surface area contributed by atoms with Gasteiger partial charge in [0, 0.05) is 5.02 Å². The molecular weight excluding hydrogens is 366 g/mol. The average molecular weight is 392 g/mol. The highest BCUT2D eigenvalue weighted by Gasteiger charge is 2.50. The number of aliphatic hydroxyl groups excluding tert-OH is 1. The molecule has 2 N–H and O–H groups in total. The Morgan fingerprint density at radius 3 is 2.33 bits per heavy atom. The van der Waals surface area contributed by atoms with Crippen molar-refractivity contribution in [1.29, 1.82) is 0 Å². The molecule has 146 valence electrons. The minimum Gasteiger partial charge on any atom is -0.427 e. The van der Waals surface area contributed by atoms with E-state index in [1.807, 2.05) is 26.0 Å². The quantitative estimate of drug-likeness (QED) is 0.771. The Morgan fingerprint density at radius 1 is 1.26 bits per heavy atom. The number of amides is 1. The summed E-state index contributed by atoms with van der Waals surface area (Å²) in [4.78, 5) is 25.5. The molecule has 1 fully saturated rings. The van der Waals surface area contributed by atoms with Gasteiger partial charge < -0.3 is 15.2 Å². The van der Waals surface area contributed by atoms with E-state index in [1.165, 1.54) is 0 Å². The number of aryl methyl sites for hydroxylation is 2. The first-order chi connectivity index (χ1) is 12.6. The summed E-state index contributed by atoms with van der Waals surface area (Å²) in [6, 6.07) is 3.61. The fraction of sp³-hybridized carbons (Fsp3) is 0.524. The monoisotopic (exact) mass is 391 g/mol. The van der Waals surface area contributed by atoms with E-state index in [1.54, 1.807) is 13.8 Å². The van der Waals surface area contributed by atoms with Crippen molar-refractivity contribution in [2.45, 2.75) is 65.0 Å². The summed E-state index contributed by atoms with van der Waals surface area (Å²) in [5, 5.41) is 13.6. The first-order valence-corrected chi connectivity index (χ1v) is 9.76. The molecule has 1 aromatic rings. The minimum atomic E-state index is -0.741. The third-order valence-corrected chi connectivity index (χ3v) is 5.69. The van der Waals surface area contributed by atoms with Gasteiger partial charge >= 0.3 is 5.97 Å². The number of rotatable bonds is 3. The smallest absolute Gasteiger partial charge is 0.313 e. The normalized spacial score (nSPS) is 25.3. The molecule has 1 aromatic carbocycles. The van der Waals surface area contributed by atoms with E-state index in [4.69, 9.17) is 16.3 Å². The van der Waals surface area contributed by atoms with Gasteiger partial charge in [-0.05, 0) is 68.4 Å². The lowest BCUT2D eigenvalue weighted by Gasteiger charge is -2.37. The van der Waals surface area contributed by atoms with Gasteiger partial charge in [-0.2, -0.15) is 0 Å². The topological polar surface area (TPSA) is 75.6 Å². The third kappa shape index (κ3) is 3.63. The van der Waals surface area contributed by atoms with E-state index in [-0.39, 0.29) is 17.8 Å². The van der Waals surface area contributed by atoms with Crippen LogP contribution in [0.25, 0.3) is 5.57 Å². The molecule has 27 heavy (non-hydrogen) atoms. The summed E-state index contributed by atoms with van der Waals surface area (Å²) in [7, 11) is 0. The molecule has 6 heteroatoms. The van der Waals surface area contributed by atoms with Crippen LogP contribution in [-0.2, 0) is 14.3 Å². The Bertz CT molecular complexity index is 796. The summed E-state index contributed by atoms with van der Waals surface area (Å²) >= 11 is 6.16. The molecule has 1 aliphatic heterocycles. The summed E-state index contributed by atoms with van der Waals surface area (Å²) in [6.45, 7) is 7.32. The highest BCUT2D eigenvalue weighted by Crippen LogP contribution is 2.45. The van der Waals surface area contributed by atoms with Crippen LogP contribution in [0, 0.1) is 19.8 Å². The lowest BCUT2D eigenvalue weighted by Crippen LogP contribution is -2.49. The Morgan fingerprint density at radius 2 is 1.81 bits per heavy atom. The van der Waals surface area contributed by atoms with Crippen LogP contribution in [0.3, 0.4) is 0 Å². The van der Waals surface area contributed by atoms with Crippen LogP contribution < -0.4 is 5.32 Å². The zero-order chi connectivity index (χ0) is 19.9. The predicted molar refractivity (Wildman–Crippen MR) is 104 cm³/mol. The van der Waals surface area contributed by atoms with Gasteiger partial charge in [-0.3, -0.25) is 9.59 Å². The van der Waals surface area contributed by atoms with E-state index < -0.39 is 11.6 Å². The number of carbonyl (C=O) groups excluding carboxylic acids is 2. The van der Waals surface area contributed by atoms with E-state index in [9.17, 15) is 14.7 Å². The Kier molecular flexibility index (Phi) is 5.37. The Hall–Kier alpha value is -1.85. The first kappa shape index (κ1) is 19.9. The van der Waals surface area contributed by atoms with Gasteiger partial charge in [0.25, 0.3) is 5.91 Å². The Balaban J connectivity index is 2.18. The molecule has 1 saturated carbocycles. The van der Waals surface area contributed by atoms with E-state index >= 15 is 0 Å². The van der Waals surface area contributed by atoms with Crippen LogP contribution in [0.2, 0.25) is 5.02 Å². The zero-order valence-electron chi connectivity index (χ0n) is 16.2. The lowest BCUT2D eigenvalue weighted by molar-refractivity contribution is -0.144. The van der Waals surface area contributed by atoms with Crippen LogP contribution in [0.1, 0.15) is 56.2 Å². The number of benzene rings is 1. The first-order valence-electron chi connectivity index (χ1n) is 9.39. The molecule has 0 radical (unpaired) electrons. The van der Waals surface area contributed by atoms with Crippen molar-refractivity contribution in [3.8, 4) is 0 Å². The Labute approximate surface area is 164 Å². The number of nitrogens with one attached hydrogen (secondary N) is 1. The summed E-state index contributed by atoms with van der Waals surface area (Å²) in [6.07, 6.45) is 1.78. The molecule has 1 aliphatic carbocycles. The number of hydrogen-bond donors (Lipinski definition) is 2. The van der Waals surface area contributed by atoms with Gasteiger partial charge in [-0.25, -0.2) is 0 Å². The minimum absolute atomic E-state index is 0.244. The van der Waals surface area contributed by atoms with Gasteiger partial charge in [0.15, 0.2) is 0 Å². The molecule has 1 spiro atoms. The van der Waals surface area contributed by atoms with Gasteiger partial charge in [-0.15, -0.1) is 0 Å². The van der Waals surface area contributed by atoms with Crippen LogP contribution >= 0.6 is 11.6 Å². The lowest BCUT2D eigenvalue weighted by atomic mass is 9.79. The molecule has 1 heterocycles. The van der Waals surface area contributed by atoms with Gasteiger partial charge in [0.1, 0.15) is 5.76 Å². The van der Waals surface area contributed by atoms with Crippen molar-refractivity contribution in [2.24, 2.45) is 5.92 Å². The van der Waals surface area contributed by atoms with Crippen LogP contribution in [0.4, 0.5) is 0 Å². The number of halogens is 1. The van der Waals surface area contributed by atoms with E-state index in [0.717, 1.165) is 16.7 Å². The molecular formula is C21H26ClNO4. The van der Waals surface area contributed by atoms with Crippen molar-refractivity contribution in [3.05, 3.63) is 39.6 Å². The van der Waals surface area contributed by atoms with E-state index in [2.05, 4.69) is 5.32 Å². The summed E-state index contributed by atoms with van der Waals surface area (Å²) in [5.41, 5.74) is 2.14. The van der Waals surface area contributed by atoms with Crippen LogP contribution in [0.15, 0.2) is 17.9 Å². The number of aliphatic hydroxyl groups is 1. The maximum absolute atomic E-state index is 13.0. The fourth-order valence-electron chi connectivity index (χ4n) is 4.03. The standard InChI is InChI=1S/C21H26ClNO4/c1-11(2)20(26)27-18-17(16-12(3)9-14(22)10-13(16)4)19(25)23-21(18)7-5-15(24)6-8-21/h9-11,15,24H,5-8H2,1-4H3,(H,23,25)/t15-,21+. The highest BCUT2D eigenvalue weighted by atomic mass is 35.5. The maximum atomic E-state index is 13.0. The number of esters is 1. The van der Waals surface area contributed by atoms with Gasteiger partial charge in [-0.1, -0.05) is 25.4 Å².